The van der Waals surface area contributed by atoms with Gasteiger partial charge in [0.15, 0.2) is 0 Å². The number of rotatable bonds is 5. The van der Waals surface area contributed by atoms with Crippen molar-refractivity contribution in [3.05, 3.63) is 29.8 Å². The summed E-state index contributed by atoms with van der Waals surface area (Å²) in [5.41, 5.74) is 0.0995. The third kappa shape index (κ3) is 4.56. The van der Waals surface area contributed by atoms with Crippen LogP contribution in [0.25, 0.3) is 0 Å². The van der Waals surface area contributed by atoms with E-state index in [0.717, 1.165) is 12.3 Å². The van der Waals surface area contributed by atoms with E-state index in [4.69, 9.17) is 5.11 Å². The average molecular weight is 255 g/mol. The fourth-order valence-electron chi connectivity index (χ4n) is 1.01. The molecular weight excluding hydrogens is 245 g/mol. The number of carboxylic acids is 1. The molecule has 0 aliphatic heterocycles. The second-order valence-electron chi connectivity index (χ2n) is 3.22. The molecule has 0 aliphatic carbocycles. The minimum Gasteiger partial charge on any atom is -0.480 e. The number of hydrogen-bond acceptors (Lipinski definition) is 4. The van der Waals surface area contributed by atoms with Crippen molar-refractivity contribution < 1.29 is 23.9 Å². The highest BCUT2D eigenvalue weighted by atomic mass is 19.1. The number of carbonyl (C=O) groups excluding carboxylic acids is 2. The lowest BCUT2D eigenvalue weighted by Gasteiger charge is -2.04. The smallest absolute Gasteiger partial charge is 0.322 e. The zero-order chi connectivity index (χ0) is 13.5. The van der Waals surface area contributed by atoms with Crippen LogP contribution in [0, 0.1) is 5.95 Å². The molecule has 0 atom stereocenters. The topological polar surface area (TPSA) is 108 Å². The van der Waals surface area contributed by atoms with Gasteiger partial charge in [0.2, 0.25) is 11.9 Å². The number of pyridine rings is 1. The predicted molar refractivity (Wildman–Crippen MR) is 57.2 cm³/mol. The van der Waals surface area contributed by atoms with Crippen LogP contribution in [0.5, 0.6) is 0 Å². The fraction of sp³-hybridized carbons (Fsp3) is 0.200. The first-order chi connectivity index (χ1) is 8.49. The maximum atomic E-state index is 12.5. The minimum absolute atomic E-state index is 0.0995. The summed E-state index contributed by atoms with van der Waals surface area (Å²) in [4.78, 5) is 35.9. The lowest BCUT2D eigenvalue weighted by atomic mass is 10.2. The Morgan fingerprint density at radius 1 is 1.22 bits per heavy atom. The van der Waals surface area contributed by atoms with Crippen molar-refractivity contribution >= 4 is 17.8 Å². The Morgan fingerprint density at radius 2 is 1.94 bits per heavy atom. The molecule has 0 aromatic carbocycles. The van der Waals surface area contributed by atoms with E-state index >= 15 is 0 Å². The summed E-state index contributed by atoms with van der Waals surface area (Å²) in [6.07, 6.45) is 1.03. The molecule has 1 aromatic rings. The summed E-state index contributed by atoms with van der Waals surface area (Å²) < 4.78 is 12.5. The van der Waals surface area contributed by atoms with E-state index in [1.807, 2.05) is 0 Å². The van der Waals surface area contributed by atoms with Gasteiger partial charge in [-0.2, -0.15) is 4.39 Å². The number of hydrogen-bond donors (Lipinski definition) is 3. The Kier molecular flexibility index (Phi) is 4.73. The maximum Gasteiger partial charge on any atom is 0.322 e. The van der Waals surface area contributed by atoms with Crippen LogP contribution in [0.1, 0.15) is 10.4 Å². The molecule has 0 fully saturated rings. The van der Waals surface area contributed by atoms with Gasteiger partial charge in [0, 0.05) is 6.20 Å². The fourth-order valence-corrected chi connectivity index (χ4v) is 1.01. The monoisotopic (exact) mass is 255 g/mol. The van der Waals surface area contributed by atoms with E-state index in [0.29, 0.717) is 0 Å². The van der Waals surface area contributed by atoms with Crippen molar-refractivity contribution in [2.24, 2.45) is 0 Å². The van der Waals surface area contributed by atoms with Gasteiger partial charge in [0.1, 0.15) is 6.54 Å². The summed E-state index contributed by atoms with van der Waals surface area (Å²) in [6, 6.07) is 2.23. The molecule has 0 saturated carbocycles. The summed E-state index contributed by atoms with van der Waals surface area (Å²) in [6.45, 7) is -0.893. The van der Waals surface area contributed by atoms with Gasteiger partial charge in [0.05, 0.1) is 12.1 Å². The zero-order valence-corrected chi connectivity index (χ0v) is 9.14. The molecule has 0 bridgehead atoms. The van der Waals surface area contributed by atoms with E-state index < -0.39 is 30.3 Å². The van der Waals surface area contributed by atoms with Gasteiger partial charge in [-0.25, -0.2) is 4.98 Å². The standard InChI is InChI=1S/C10H10FN3O4/c11-7-2-1-6(3-12-7)10(18)14-4-8(15)13-5-9(16)17/h1-3H,4-5H2,(H,13,15)(H,14,18)(H,16,17). The van der Waals surface area contributed by atoms with Crippen molar-refractivity contribution in [2.75, 3.05) is 13.1 Å². The molecule has 96 valence electrons. The quantitative estimate of drug-likeness (QED) is 0.594. The highest BCUT2D eigenvalue weighted by molar-refractivity contribution is 5.96. The van der Waals surface area contributed by atoms with Gasteiger partial charge < -0.3 is 15.7 Å². The van der Waals surface area contributed by atoms with Crippen LogP contribution >= 0.6 is 0 Å². The van der Waals surface area contributed by atoms with E-state index in [-0.39, 0.29) is 12.1 Å². The van der Waals surface area contributed by atoms with Crippen LogP contribution in [0.15, 0.2) is 18.3 Å². The molecule has 7 nitrogen and oxygen atoms in total. The van der Waals surface area contributed by atoms with Crippen molar-refractivity contribution in [1.82, 2.24) is 15.6 Å². The van der Waals surface area contributed by atoms with Gasteiger partial charge >= 0.3 is 5.97 Å². The van der Waals surface area contributed by atoms with Crippen molar-refractivity contribution in [3.63, 3.8) is 0 Å². The Morgan fingerprint density at radius 3 is 2.50 bits per heavy atom. The number of aliphatic carboxylic acids is 1. The lowest BCUT2D eigenvalue weighted by Crippen LogP contribution is -2.39. The molecule has 18 heavy (non-hydrogen) atoms. The van der Waals surface area contributed by atoms with Crippen molar-refractivity contribution in [1.29, 1.82) is 0 Å². The Balaban J connectivity index is 2.39. The van der Waals surface area contributed by atoms with Crippen LogP contribution in [0.4, 0.5) is 4.39 Å². The predicted octanol–water partition coefficient (Wildman–Crippen LogP) is -0.849. The average Bonchev–Trinajstić information content (AvgIpc) is 2.34. The molecule has 2 amide bonds. The number of amides is 2. The second-order valence-corrected chi connectivity index (χ2v) is 3.22. The van der Waals surface area contributed by atoms with E-state index in [1.54, 1.807) is 0 Å². The normalized spacial score (nSPS) is 9.61. The molecule has 8 heteroatoms. The van der Waals surface area contributed by atoms with Crippen LogP contribution in [-0.2, 0) is 9.59 Å². The SMILES string of the molecule is O=C(O)CNC(=O)CNC(=O)c1ccc(F)nc1. The third-order valence-electron chi connectivity index (χ3n) is 1.84. The van der Waals surface area contributed by atoms with Crippen LogP contribution in [-0.4, -0.2) is 41.0 Å². The molecule has 1 heterocycles. The number of nitrogens with zero attached hydrogens (tertiary/aromatic N) is 1. The molecule has 3 N–H and O–H groups in total. The van der Waals surface area contributed by atoms with Gasteiger partial charge in [-0.1, -0.05) is 0 Å². The van der Waals surface area contributed by atoms with Gasteiger partial charge in [-0.05, 0) is 12.1 Å². The molecule has 0 spiro atoms. The second kappa shape index (κ2) is 6.28. The Bertz CT molecular complexity index is 461. The van der Waals surface area contributed by atoms with Crippen LogP contribution in [0.3, 0.4) is 0 Å². The maximum absolute atomic E-state index is 12.5. The first-order valence-corrected chi connectivity index (χ1v) is 4.87. The summed E-state index contributed by atoms with van der Waals surface area (Å²) >= 11 is 0. The number of carbonyl (C=O) groups is 3. The number of nitrogens with one attached hydrogen (secondary N) is 2. The molecule has 0 aliphatic rings. The highest BCUT2D eigenvalue weighted by Crippen LogP contribution is 1.98. The Labute approximate surface area is 101 Å². The highest BCUT2D eigenvalue weighted by Gasteiger charge is 2.09. The number of halogens is 1. The van der Waals surface area contributed by atoms with Crippen molar-refractivity contribution in [3.8, 4) is 0 Å². The first kappa shape index (κ1) is 13.6. The van der Waals surface area contributed by atoms with Crippen molar-refractivity contribution in [2.45, 2.75) is 0 Å². The van der Waals surface area contributed by atoms with Crippen LogP contribution in [0.2, 0.25) is 0 Å². The molecule has 0 unspecified atom stereocenters. The minimum atomic E-state index is -1.18. The first-order valence-electron chi connectivity index (χ1n) is 4.87. The molecule has 0 radical (unpaired) electrons. The number of carboxylic acid groups (broad SMARTS) is 1. The third-order valence-corrected chi connectivity index (χ3v) is 1.84. The van der Waals surface area contributed by atoms with E-state index in [1.165, 1.54) is 6.07 Å². The number of aromatic nitrogens is 1. The summed E-state index contributed by atoms with van der Waals surface area (Å²) in [5.74, 6) is -3.14. The molecule has 0 saturated heterocycles. The van der Waals surface area contributed by atoms with Gasteiger partial charge in [-0.15, -0.1) is 0 Å². The van der Waals surface area contributed by atoms with Gasteiger partial charge in [-0.3, -0.25) is 14.4 Å². The van der Waals surface area contributed by atoms with E-state index in [9.17, 15) is 18.8 Å². The van der Waals surface area contributed by atoms with Crippen LogP contribution < -0.4 is 10.6 Å². The summed E-state index contributed by atoms with van der Waals surface area (Å²) in [7, 11) is 0. The van der Waals surface area contributed by atoms with E-state index in [2.05, 4.69) is 15.6 Å². The Hall–Kier alpha value is -2.51. The summed E-state index contributed by atoms with van der Waals surface area (Å²) in [5, 5.41) is 12.6. The van der Waals surface area contributed by atoms with Gasteiger partial charge in [0.25, 0.3) is 5.91 Å². The zero-order valence-electron chi connectivity index (χ0n) is 9.14. The molecule has 1 aromatic heterocycles. The largest absolute Gasteiger partial charge is 0.480 e. The molecule has 1 rings (SSSR count). The lowest BCUT2D eigenvalue weighted by molar-refractivity contribution is -0.137. The molecular formula is C10H10FN3O4.